The summed E-state index contributed by atoms with van der Waals surface area (Å²) < 4.78 is 0.0819. The summed E-state index contributed by atoms with van der Waals surface area (Å²) >= 11 is 1.78. The number of thioether (sulfide) groups is 1. The predicted molar refractivity (Wildman–Crippen MR) is 90.3 cm³/mol. The second-order valence-electron chi connectivity index (χ2n) is 5.04. The number of amides is 2. The normalized spacial score (nSPS) is 11.0. The average molecular weight is 308 g/mol. The van der Waals surface area contributed by atoms with E-state index in [0.29, 0.717) is 17.8 Å². The molecular weight excluding hydrogens is 284 g/mol. The number of anilines is 1. The topological polar surface area (TPSA) is 58.2 Å². The van der Waals surface area contributed by atoms with Crippen LogP contribution in [0.15, 0.2) is 24.3 Å². The van der Waals surface area contributed by atoms with Crippen molar-refractivity contribution < 1.29 is 9.59 Å². The van der Waals surface area contributed by atoms with Crippen LogP contribution in [-0.2, 0) is 0 Å². The Balaban J connectivity index is 2.62. The lowest BCUT2D eigenvalue weighted by molar-refractivity contribution is 0.101. The van der Waals surface area contributed by atoms with E-state index in [1.165, 1.54) is 6.92 Å². The van der Waals surface area contributed by atoms with Gasteiger partial charge in [0.25, 0.3) is 0 Å². The van der Waals surface area contributed by atoms with Crippen LogP contribution >= 0.6 is 11.8 Å². The molecule has 1 aromatic rings. The van der Waals surface area contributed by atoms with Crippen molar-refractivity contribution >= 4 is 29.3 Å². The van der Waals surface area contributed by atoms with Gasteiger partial charge in [-0.1, -0.05) is 26.0 Å². The van der Waals surface area contributed by atoms with Gasteiger partial charge in [0, 0.05) is 22.5 Å². The molecule has 2 N–H and O–H groups in total. The van der Waals surface area contributed by atoms with Gasteiger partial charge in [0.05, 0.1) is 0 Å². The number of hydrogen-bond donors (Lipinski definition) is 2. The third-order valence-corrected chi connectivity index (χ3v) is 5.41. The van der Waals surface area contributed by atoms with E-state index in [4.69, 9.17) is 0 Å². The molecule has 0 bridgehead atoms. The molecule has 2 amide bonds. The van der Waals surface area contributed by atoms with E-state index in [1.54, 1.807) is 36.0 Å². The van der Waals surface area contributed by atoms with Crippen LogP contribution in [0.4, 0.5) is 10.5 Å². The monoisotopic (exact) mass is 308 g/mol. The summed E-state index contributed by atoms with van der Waals surface area (Å²) in [5, 5.41) is 5.69. The fraction of sp³-hybridized carbons (Fsp3) is 0.500. The highest BCUT2D eigenvalue weighted by molar-refractivity contribution is 8.00. The first kappa shape index (κ1) is 17.6. The third-order valence-electron chi connectivity index (χ3n) is 3.82. The van der Waals surface area contributed by atoms with Gasteiger partial charge in [-0.3, -0.25) is 4.79 Å². The van der Waals surface area contributed by atoms with Crippen LogP contribution in [-0.4, -0.2) is 29.4 Å². The largest absolute Gasteiger partial charge is 0.336 e. The van der Waals surface area contributed by atoms with Crippen molar-refractivity contribution in [2.75, 3.05) is 18.1 Å². The molecule has 116 valence electrons. The summed E-state index contributed by atoms with van der Waals surface area (Å²) in [5.74, 6) is -0.0163. The first-order valence-electron chi connectivity index (χ1n) is 7.17. The Labute approximate surface area is 131 Å². The van der Waals surface area contributed by atoms with Gasteiger partial charge in [-0.05, 0) is 38.2 Å². The molecule has 0 heterocycles. The zero-order chi connectivity index (χ0) is 15.9. The first-order valence-corrected chi connectivity index (χ1v) is 8.40. The molecule has 5 heteroatoms. The van der Waals surface area contributed by atoms with E-state index >= 15 is 0 Å². The molecule has 0 aliphatic carbocycles. The molecule has 0 unspecified atom stereocenters. The summed E-state index contributed by atoms with van der Waals surface area (Å²) in [6.07, 6.45) is 4.08. The van der Waals surface area contributed by atoms with Crippen LogP contribution in [0.2, 0.25) is 0 Å². The Morgan fingerprint density at radius 2 is 1.90 bits per heavy atom. The van der Waals surface area contributed by atoms with Crippen molar-refractivity contribution in [1.29, 1.82) is 0 Å². The average Bonchev–Trinajstić information content (AvgIpc) is 2.49. The van der Waals surface area contributed by atoms with Crippen LogP contribution in [0.1, 0.15) is 44.0 Å². The second kappa shape index (κ2) is 8.08. The van der Waals surface area contributed by atoms with Crippen LogP contribution in [0, 0.1) is 0 Å². The van der Waals surface area contributed by atoms with Crippen LogP contribution < -0.4 is 10.6 Å². The lowest BCUT2D eigenvalue weighted by atomic mass is 10.0. The van der Waals surface area contributed by atoms with Gasteiger partial charge in [0.1, 0.15) is 0 Å². The van der Waals surface area contributed by atoms with Gasteiger partial charge in [-0.2, -0.15) is 11.8 Å². The summed E-state index contributed by atoms with van der Waals surface area (Å²) in [7, 11) is 0. The fourth-order valence-corrected chi connectivity index (χ4v) is 2.89. The van der Waals surface area contributed by atoms with Gasteiger partial charge < -0.3 is 10.6 Å². The van der Waals surface area contributed by atoms with Crippen molar-refractivity contribution in [2.45, 2.75) is 38.4 Å². The lowest BCUT2D eigenvalue weighted by Crippen LogP contribution is -2.41. The van der Waals surface area contributed by atoms with E-state index < -0.39 is 0 Å². The lowest BCUT2D eigenvalue weighted by Gasteiger charge is -2.29. The molecule has 0 saturated heterocycles. The number of ketones is 1. The van der Waals surface area contributed by atoms with Crippen molar-refractivity contribution in [3.8, 4) is 0 Å². The van der Waals surface area contributed by atoms with Gasteiger partial charge in [0.15, 0.2) is 5.78 Å². The van der Waals surface area contributed by atoms with Gasteiger partial charge in [0.2, 0.25) is 0 Å². The molecule has 0 radical (unpaired) electrons. The van der Waals surface area contributed by atoms with Crippen LogP contribution in [0.5, 0.6) is 0 Å². The highest BCUT2D eigenvalue weighted by Gasteiger charge is 2.25. The number of urea groups is 1. The molecular formula is C16H24N2O2S. The Hall–Kier alpha value is -1.49. The van der Waals surface area contributed by atoms with Crippen LogP contribution in [0.25, 0.3) is 0 Å². The molecule has 0 fully saturated rings. The number of rotatable bonds is 7. The van der Waals surface area contributed by atoms with Crippen LogP contribution in [0.3, 0.4) is 0 Å². The van der Waals surface area contributed by atoms with E-state index in [2.05, 4.69) is 30.7 Å². The minimum absolute atomic E-state index is 0.0163. The minimum atomic E-state index is -0.240. The third kappa shape index (κ3) is 5.08. The number of hydrogen-bond acceptors (Lipinski definition) is 3. The Bertz CT molecular complexity index is 491. The maximum atomic E-state index is 12.0. The molecule has 1 rings (SSSR count). The maximum Gasteiger partial charge on any atom is 0.319 e. The zero-order valence-electron chi connectivity index (χ0n) is 13.2. The van der Waals surface area contributed by atoms with E-state index in [1.807, 2.05) is 0 Å². The highest BCUT2D eigenvalue weighted by Crippen LogP contribution is 2.29. The number of Topliss-reactive ketones (excluding diaryl/α,β-unsaturated/α-hetero) is 1. The van der Waals surface area contributed by atoms with Crippen molar-refractivity contribution in [1.82, 2.24) is 5.32 Å². The molecule has 0 saturated carbocycles. The summed E-state index contributed by atoms with van der Waals surface area (Å²) in [4.78, 5) is 23.3. The summed E-state index contributed by atoms with van der Waals surface area (Å²) in [5.41, 5.74) is 1.22. The number of nitrogens with one attached hydrogen (secondary N) is 2. The number of carbonyl (C=O) groups is 2. The molecule has 0 aromatic heterocycles. The van der Waals surface area contributed by atoms with Gasteiger partial charge in [-0.25, -0.2) is 4.79 Å². The van der Waals surface area contributed by atoms with E-state index in [-0.39, 0.29) is 16.6 Å². The Morgan fingerprint density at radius 3 is 2.43 bits per heavy atom. The number of benzene rings is 1. The molecule has 0 aliphatic rings. The molecule has 0 aliphatic heterocycles. The molecule has 0 spiro atoms. The van der Waals surface area contributed by atoms with Crippen molar-refractivity contribution in [3.05, 3.63) is 29.8 Å². The first-order chi connectivity index (χ1) is 9.96. The minimum Gasteiger partial charge on any atom is -0.336 e. The predicted octanol–water partition coefficient (Wildman–Crippen LogP) is 3.93. The van der Waals surface area contributed by atoms with E-state index in [0.717, 1.165) is 12.8 Å². The number of carbonyl (C=O) groups excluding carboxylic acids is 2. The Morgan fingerprint density at radius 1 is 1.24 bits per heavy atom. The Kier molecular flexibility index (Phi) is 6.75. The molecule has 21 heavy (non-hydrogen) atoms. The SMILES string of the molecule is CCC(CC)(CNC(=O)Nc1cccc(C(C)=O)c1)SC. The van der Waals surface area contributed by atoms with Gasteiger partial charge in [-0.15, -0.1) is 0 Å². The maximum absolute atomic E-state index is 12.0. The zero-order valence-corrected chi connectivity index (χ0v) is 14.0. The standard InChI is InChI=1S/C16H24N2O2S/c1-5-16(6-2,21-4)11-17-15(20)18-14-9-7-8-13(10-14)12(3)19/h7-10H,5-6,11H2,1-4H3,(H2,17,18,20). The molecule has 4 nitrogen and oxygen atoms in total. The smallest absolute Gasteiger partial charge is 0.319 e. The fourth-order valence-electron chi connectivity index (χ4n) is 2.09. The van der Waals surface area contributed by atoms with Crippen molar-refractivity contribution in [3.63, 3.8) is 0 Å². The van der Waals surface area contributed by atoms with Crippen molar-refractivity contribution in [2.24, 2.45) is 0 Å². The quantitative estimate of drug-likeness (QED) is 0.750. The molecule has 1 aromatic carbocycles. The second-order valence-corrected chi connectivity index (χ2v) is 6.31. The molecule has 0 atom stereocenters. The van der Waals surface area contributed by atoms with E-state index in [9.17, 15) is 9.59 Å². The van der Waals surface area contributed by atoms with Gasteiger partial charge >= 0.3 is 6.03 Å². The highest BCUT2D eigenvalue weighted by atomic mass is 32.2. The summed E-state index contributed by atoms with van der Waals surface area (Å²) in [6.45, 7) is 6.40. The summed E-state index contributed by atoms with van der Waals surface area (Å²) in [6, 6.07) is 6.71.